The van der Waals surface area contributed by atoms with E-state index in [9.17, 15) is 0 Å². The summed E-state index contributed by atoms with van der Waals surface area (Å²) in [7, 11) is 1.85. The summed E-state index contributed by atoms with van der Waals surface area (Å²) in [5.41, 5.74) is 0. The first-order valence-corrected chi connectivity index (χ1v) is 6.79. The number of aromatic nitrogens is 5. The zero-order valence-corrected chi connectivity index (χ0v) is 12.4. The highest BCUT2D eigenvalue weighted by Gasteiger charge is 2.08. The van der Waals surface area contributed by atoms with Crippen molar-refractivity contribution in [2.45, 2.75) is 33.2 Å². The topological polar surface area (TPSA) is 80.5 Å². The summed E-state index contributed by atoms with van der Waals surface area (Å²) in [6.07, 6.45) is 1.68. The first kappa shape index (κ1) is 14.2. The second kappa shape index (κ2) is 6.31. The van der Waals surface area contributed by atoms with E-state index in [0.29, 0.717) is 6.54 Å². The van der Waals surface area contributed by atoms with Crippen LogP contribution in [0.1, 0.15) is 38.3 Å². The fourth-order valence-corrected chi connectivity index (χ4v) is 1.72. The molecule has 7 nitrogen and oxygen atoms in total. The van der Waals surface area contributed by atoms with Gasteiger partial charge in [0, 0.05) is 25.6 Å². The Morgan fingerprint density at radius 2 is 1.90 bits per heavy atom. The number of hydrogen-bond donors (Lipinski definition) is 2. The summed E-state index contributed by atoms with van der Waals surface area (Å²) in [4.78, 5) is 13.2. The third-order valence-electron chi connectivity index (χ3n) is 2.69. The van der Waals surface area contributed by atoms with E-state index in [4.69, 9.17) is 0 Å². The van der Waals surface area contributed by atoms with Gasteiger partial charge in [0.2, 0.25) is 0 Å². The minimum atomic E-state index is 0.280. The van der Waals surface area contributed by atoms with Gasteiger partial charge in [-0.2, -0.15) is 5.10 Å². The zero-order chi connectivity index (χ0) is 14.5. The van der Waals surface area contributed by atoms with E-state index in [0.717, 1.165) is 29.8 Å². The number of hydrogen-bond acceptors (Lipinski definition) is 6. The Kier molecular flexibility index (Phi) is 4.49. The molecule has 2 aromatic rings. The predicted molar refractivity (Wildman–Crippen MR) is 78.6 cm³/mol. The van der Waals surface area contributed by atoms with Crippen LogP contribution in [-0.4, -0.2) is 31.3 Å². The molecule has 0 radical (unpaired) electrons. The molecule has 0 aliphatic heterocycles. The number of anilines is 2. The maximum Gasteiger partial charge on any atom is 0.169 e. The van der Waals surface area contributed by atoms with Crippen molar-refractivity contribution in [2.24, 2.45) is 7.05 Å². The van der Waals surface area contributed by atoms with Crippen molar-refractivity contribution in [1.29, 1.82) is 0 Å². The maximum absolute atomic E-state index is 4.51. The van der Waals surface area contributed by atoms with Gasteiger partial charge in [0.15, 0.2) is 5.82 Å². The molecule has 0 fully saturated rings. The second-order valence-electron chi connectivity index (χ2n) is 4.87. The third kappa shape index (κ3) is 3.66. The van der Waals surface area contributed by atoms with Gasteiger partial charge < -0.3 is 10.6 Å². The van der Waals surface area contributed by atoms with E-state index >= 15 is 0 Å². The average molecular weight is 275 g/mol. The van der Waals surface area contributed by atoms with E-state index in [1.807, 2.05) is 20.0 Å². The molecule has 0 saturated heterocycles. The highest BCUT2D eigenvalue weighted by atomic mass is 15.3. The standard InChI is InChI=1S/C13H21N7/c1-5-14-10-6-11(18-13(17-10)9(2)3)15-7-12-16-8-20(4)19-12/h6,8-9H,5,7H2,1-4H3,(H2,14,15,17,18). The third-order valence-corrected chi connectivity index (χ3v) is 2.69. The molecule has 0 aliphatic carbocycles. The molecule has 2 rings (SSSR count). The molecular formula is C13H21N7. The van der Waals surface area contributed by atoms with Crippen LogP contribution in [0.4, 0.5) is 11.6 Å². The monoisotopic (exact) mass is 275 g/mol. The highest BCUT2D eigenvalue weighted by Crippen LogP contribution is 2.17. The minimum absolute atomic E-state index is 0.280. The summed E-state index contributed by atoms with van der Waals surface area (Å²) in [5.74, 6) is 3.46. The van der Waals surface area contributed by atoms with E-state index in [2.05, 4.69) is 44.5 Å². The first-order valence-electron chi connectivity index (χ1n) is 6.79. The molecule has 0 saturated carbocycles. The van der Waals surface area contributed by atoms with Crippen LogP contribution in [-0.2, 0) is 13.6 Å². The van der Waals surface area contributed by atoms with Crippen molar-refractivity contribution in [3.63, 3.8) is 0 Å². The van der Waals surface area contributed by atoms with E-state index in [1.54, 1.807) is 11.0 Å². The Balaban J connectivity index is 2.13. The van der Waals surface area contributed by atoms with Gasteiger partial charge in [0.25, 0.3) is 0 Å². The molecule has 0 unspecified atom stereocenters. The fourth-order valence-electron chi connectivity index (χ4n) is 1.72. The molecule has 0 bridgehead atoms. The van der Waals surface area contributed by atoms with Gasteiger partial charge in [-0.05, 0) is 6.92 Å². The average Bonchev–Trinajstić information content (AvgIpc) is 2.82. The summed E-state index contributed by atoms with van der Waals surface area (Å²) < 4.78 is 1.68. The molecule has 108 valence electrons. The van der Waals surface area contributed by atoms with Crippen molar-refractivity contribution >= 4 is 11.6 Å². The van der Waals surface area contributed by atoms with Gasteiger partial charge in [-0.15, -0.1) is 0 Å². The molecule has 0 atom stereocenters. The Hall–Kier alpha value is -2.18. The number of nitrogens with zero attached hydrogens (tertiary/aromatic N) is 5. The van der Waals surface area contributed by atoms with Crippen LogP contribution in [0.25, 0.3) is 0 Å². The van der Waals surface area contributed by atoms with Crippen molar-refractivity contribution in [1.82, 2.24) is 24.7 Å². The van der Waals surface area contributed by atoms with Gasteiger partial charge >= 0.3 is 0 Å². The van der Waals surface area contributed by atoms with Gasteiger partial charge in [-0.25, -0.2) is 15.0 Å². The fraction of sp³-hybridized carbons (Fsp3) is 0.538. The minimum Gasteiger partial charge on any atom is -0.370 e. The van der Waals surface area contributed by atoms with E-state index < -0.39 is 0 Å². The summed E-state index contributed by atoms with van der Waals surface area (Å²) in [6, 6.07) is 1.90. The molecule has 7 heteroatoms. The number of aryl methyl sites for hydroxylation is 1. The smallest absolute Gasteiger partial charge is 0.169 e. The van der Waals surface area contributed by atoms with Crippen LogP contribution < -0.4 is 10.6 Å². The zero-order valence-electron chi connectivity index (χ0n) is 12.4. The highest BCUT2D eigenvalue weighted by molar-refractivity contribution is 5.47. The number of rotatable bonds is 6. The lowest BCUT2D eigenvalue weighted by Gasteiger charge is -2.11. The lowest BCUT2D eigenvalue weighted by Crippen LogP contribution is -2.09. The summed E-state index contributed by atoms with van der Waals surface area (Å²) in [6.45, 7) is 7.57. The quantitative estimate of drug-likeness (QED) is 0.836. The molecular weight excluding hydrogens is 254 g/mol. The van der Waals surface area contributed by atoms with Crippen LogP contribution in [0.15, 0.2) is 12.4 Å². The number of nitrogens with one attached hydrogen (secondary N) is 2. The van der Waals surface area contributed by atoms with Crippen molar-refractivity contribution in [2.75, 3.05) is 17.2 Å². The van der Waals surface area contributed by atoms with Gasteiger partial charge in [-0.1, -0.05) is 13.8 Å². The molecule has 0 spiro atoms. The van der Waals surface area contributed by atoms with Crippen molar-refractivity contribution in [3.05, 3.63) is 24.0 Å². The molecule has 20 heavy (non-hydrogen) atoms. The Morgan fingerprint density at radius 1 is 1.20 bits per heavy atom. The maximum atomic E-state index is 4.51. The lowest BCUT2D eigenvalue weighted by atomic mass is 10.2. The second-order valence-corrected chi connectivity index (χ2v) is 4.87. The normalized spacial score (nSPS) is 10.8. The molecule has 0 aromatic carbocycles. The molecule has 0 amide bonds. The predicted octanol–water partition coefficient (Wildman–Crippen LogP) is 1.77. The molecule has 2 heterocycles. The van der Waals surface area contributed by atoms with Gasteiger partial charge in [0.1, 0.15) is 23.8 Å². The van der Waals surface area contributed by atoms with Crippen LogP contribution in [0.2, 0.25) is 0 Å². The van der Waals surface area contributed by atoms with Gasteiger partial charge in [0.05, 0.1) is 6.54 Å². The van der Waals surface area contributed by atoms with Crippen LogP contribution in [0.3, 0.4) is 0 Å². The van der Waals surface area contributed by atoms with Gasteiger partial charge in [-0.3, -0.25) is 4.68 Å². The first-order chi connectivity index (χ1) is 9.58. The van der Waals surface area contributed by atoms with E-state index in [1.165, 1.54) is 0 Å². The summed E-state index contributed by atoms with van der Waals surface area (Å²) >= 11 is 0. The van der Waals surface area contributed by atoms with Crippen LogP contribution >= 0.6 is 0 Å². The summed E-state index contributed by atoms with van der Waals surface area (Å²) in [5, 5.41) is 10.7. The molecule has 0 aliphatic rings. The Morgan fingerprint density at radius 3 is 2.45 bits per heavy atom. The van der Waals surface area contributed by atoms with Crippen molar-refractivity contribution < 1.29 is 0 Å². The SMILES string of the molecule is CCNc1cc(NCc2ncn(C)n2)nc(C(C)C)n1. The lowest BCUT2D eigenvalue weighted by molar-refractivity contribution is 0.745. The van der Waals surface area contributed by atoms with Crippen LogP contribution in [0, 0.1) is 0 Å². The molecule has 2 aromatic heterocycles. The molecule has 2 N–H and O–H groups in total. The van der Waals surface area contributed by atoms with E-state index in [-0.39, 0.29) is 5.92 Å². The Bertz CT molecular complexity index is 562. The van der Waals surface area contributed by atoms with Crippen LogP contribution in [0.5, 0.6) is 0 Å². The largest absolute Gasteiger partial charge is 0.370 e. The van der Waals surface area contributed by atoms with Crippen molar-refractivity contribution in [3.8, 4) is 0 Å². The Labute approximate surface area is 118 Å².